The number of benzene rings is 1. The van der Waals surface area contributed by atoms with Crippen LogP contribution >= 0.6 is 23.2 Å². The normalized spacial score (nSPS) is 10.5. The van der Waals surface area contributed by atoms with Gasteiger partial charge in [-0.15, -0.1) is 0 Å². The van der Waals surface area contributed by atoms with Crippen LogP contribution in [0.2, 0.25) is 10.2 Å². The second-order valence-electron chi connectivity index (χ2n) is 2.50. The number of halogens is 2. The maximum atomic E-state index is 5.81. The minimum Gasteiger partial charge on any atom is -0.244 e. The molecule has 0 atom stereocenters. The van der Waals surface area contributed by atoms with Gasteiger partial charge in [-0.3, -0.25) is 0 Å². The lowest BCUT2D eigenvalue weighted by Gasteiger charge is -1.97. The number of nitrogens with zero attached hydrogens (tertiary/aromatic N) is 1. The van der Waals surface area contributed by atoms with Crippen LogP contribution in [0.4, 0.5) is 0 Å². The summed E-state index contributed by atoms with van der Waals surface area (Å²) in [7, 11) is 0. The highest BCUT2D eigenvalue weighted by Crippen LogP contribution is 2.20. The Labute approximate surface area is 79.9 Å². The molecular formula is C9H5Cl2N. The third-order valence-corrected chi connectivity index (χ3v) is 2.09. The van der Waals surface area contributed by atoms with Gasteiger partial charge < -0.3 is 0 Å². The number of rotatable bonds is 0. The summed E-state index contributed by atoms with van der Waals surface area (Å²) >= 11 is 11.5. The highest BCUT2D eigenvalue weighted by Gasteiger charge is 1.95. The summed E-state index contributed by atoms with van der Waals surface area (Å²) in [6.45, 7) is 0. The topological polar surface area (TPSA) is 12.9 Å². The van der Waals surface area contributed by atoms with E-state index in [0.717, 1.165) is 10.8 Å². The van der Waals surface area contributed by atoms with Crippen LogP contribution in [0.1, 0.15) is 0 Å². The zero-order valence-electron chi connectivity index (χ0n) is 6.09. The molecule has 0 saturated heterocycles. The van der Waals surface area contributed by atoms with Crippen LogP contribution in [0.5, 0.6) is 0 Å². The number of fused-ring (bicyclic) bond motifs is 1. The summed E-state index contributed by atoms with van der Waals surface area (Å²) in [5, 5.41) is 3.26. The van der Waals surface area contributed by atoms with Crippen LogP contribution in [-0.4, -0.2) is 4.98 Å². The van der Waals surface area contributed by atoms with E-state index in [0.29, 0.717) is 10.2 Å². The average Bonchev–Trinajstić information content (AvgIpc) is 2.03. The van der Waals surface area contributed by atoms with Gasteiger partial charge in [-0.05, 0) is 23.6 Å². The number of hydrogen-bond acceptors (Lipinski definition) is 1. The molecule has 1 aromatic heterocycles. The molecule has 0 N–H and O–H groups in total. The van der Waals surface area contributed by atoms with E-state index in [1.54, 1.807) is 12.3 Å². The molecule has 0 aliphatic rings. The fourth-order valence-corrected chi connectivity index (χ4v) is 1.43. The molecule has 0 unspecified atom stereocenters. The summed E-state index contributed by atoms with van der Waals surface area (Å²) in [4.78, 5) is 3.96. The van der Waals surface area contributed by atoms with Gasteiger partial charge in [-0.25, -0.2) is 4.98 Å². The first-order valence-electron chi connectivity index (χ1n) is 3.46. The van der Waals surface area contributed by atoms with Crippen molar-refractivity contribution >= 4 is 34.0 Å². The van der Waals surface area contributed by atoms with E-state index >= 15 is 0 Å². The van der Waals surface area contributed by atoms with E-state index in [4.69, 9.17) is 23.2 Å². The molecule has 2 rings (SSSR count). The van der Waals surface area contributed by atoms with E-state index in [2.05, 4.69) is 4.98 Å². The average molecular weight is 198 g/mol. The van der Waals surface area contributed by atoms with Crippen molar-refractivity contribution < 1.29 is 0 Å². The quantitative estimate of drug-likeness (QED) is 0.590. The van der Waals surface area contributed by atoms with Gasteiger partial charge in [0.15, 0.2) is 0 Å². The molecule has 12 heavy (non-hydrogen) atoms. The van der Waals surface area contributed by atoms with E-state index in [1.165, 1.54) is 0 Å². The standard InChI is InChI=1S/C9H5Cl2N/c10-8-2-1-6-5-12-9(11)4-7(6)3-8/h1-5H. The maximum Gasteiger partial charge on any atom is 0.129 e. The molecule has 3 heteroatoms. The summed E-state index contributed by atoms with van der Waals surface area (Å²) in [5.41, 5.74) is 0. The molecule has 1 heterocycles. The van der Waals surface area contributed by atoms with Gasteiger partial charge in [-0.1, -0.05) is 29.3 Å². The Kier molecular flexibility index (Phi) is 1.91. The summed E-state index contributed by atoms with van der Waals surface area (Å²) in [6, 6.07) is 7.41. The van der Waals surface area contributed by atoms with Crippen LogP contribution in [0.3, 0.4) is 0 Å². The van der Waals surface area contributed by atoms with Gasteiger partial charge in [0.1, 0.15) is 5.15 Å². The largest absolute Gasteiger partial charge is 0.244 e. The minimum absolute atomic E-state index is 0.491. The summed E-state index contributed by atoms with van der Waals surface area (Å²) in [6.07, 6.45) is 1.73. The molecule has 0 radical (unpaired) electrons. The van der Waals surface area contributed by atoms with Gasteiger partial charge in [-0.2, -0.15) is 0 Å². The van der Waals surface area contributed by atoms with Crippen molar-refractivity contribution in [3.05, 3.63) is 40.6 Å². The van der Waals surface area contributed by atoms with Gasteiger partial charge in [0.05, 0.1) is 0 Å². The van der Waals surface area contributed by atoms with Crippen LogP contribution in [0.15, 0.2) is 30.5 Å². The molecule has 0 spiro atoms. The Bertz CT molecular complexity index is 389. The van der Waals surface area contributed by atoms with Crippen molar-refractivity contribution in [1.82, 2.24) is 4.98 Å². The fraction of sp³-hybridized carbons (Fsp3) is 0. The zero-order chi connectivity index (χ0) is 8.55. The molecular weight excluding hydrogens is 193 g/mol. The van der Waals surface area contributed by atoms with Crippen LogP contribution in [0.25, 0.3) is 10.8 Å². The SMILES string of the molecule is Clc1ccc2cnc(Cl)cc2c1. The molecule has 0 aliphatic heterocycles. The third-order valence-electron chi connectivity index (χ3n) is 1.65. The number of pyridine rings is 1. The van der Waals surface area contributed by atoms with E-state index in [9.17, 15) is 0 Å². The minimum atomic E-state index is 0.491. The molecule has 0 aliphatic carbocycles. The van der Waals surface area contributed by atoms with Crippen molar-refractivity contribution in [3.8, 4) is 0 Å². The Hall–Kier alpha value is -0.790. The molecule has 0 saturated carbocycles. The summed E-state index contributed by atoms with van der Waals surface area (Å²) in [5.74, 6) is 0. The van der Waals surface area contributed by atoms with Crippen molar-refractivity contribution in [2.24, 2.45) is 0 Å². The smallest absolute Gasteiger partial charge is 0.129 e. The molecule has 1 nitrogen and oxygen atoms in total. The Morgan fingerprint density at radius 1 is 1.00 bits per heavy atom. The highest BCUT2D eigenvalue weighted by molar-refractivity contribution is 6.32. The van der Waals surface area contributed by atoms with Crippen molar-refractivity contribution in [2.45, 2.75) is 0 Å². The zero-order valence-corrected chi connectivity index (χ0v) is 7.60. The lowest BCUT2D eigenvalue weighted by atomic mass is 10.2. The molecule has 0 bridgehead atoms. The van der Waals surface area contributed by atoms with E-state index < -0.39 is 0 Å². The predicted molar refractivity (Wildman–Crippen MR) is 51.8 cm³/mol. The Morgan fingerprint density at radius 2 is 1.83 bits per heavy atom. The van der Waals surface area contributed by atoms with Gasteiger partial charge in [0, 0.05) is 16.6 Å². The van der Waals surface area contributed by atoms with Crippen molar-refractivity contribution in [1.29, 1.82) is 0 Å². The molecule has 2 aromatic rings. The third kappa shape index (κ3) is 1.38. The van der Waals surface area contributed by atoms with Crippen molar-refractivity contribution in [2.75, 3.05) is 0 Å². The lowest BCUT2D eigenvalue weighted by molar-refractivity contribution is 1.36. The molecule has 0 fully saturated rings. The van der Waals surface area contributed by atoms with Crippen LogP contribution in [0, 0.1) is 0 Å². The second kappa shape index (κ2) is 2.92. The molecule has 60 valence electrons. The Morgan fingerprint density at radius 3 is 2.67 bits per heavy atom. The first kappa shape index (κ1) is 7.84. The van der Waals surface area contributed by atoms with Gasteiger partial charge in [0.2, 0.25) is 0 Å². The van der Waals surface area contributed by atoms with E-state index in [1.807, 2.05) is 18.2 Å². The lowest BCUT2D eigenvalue weighted by Crippen LogP contribution is -1.76. The van der Waals surface area contributed by atoms with E-state index in [-0.39, 0.29) is 0 Å². The van der Waals surface area contributed by atoms with Gasteiger partial charge >= 0.3 is 0 Å². The van der Waals surface area contributed by atoms with Crippen molar-refractivity contribution in [3.63, 3.8) is 0 Å². The molecule has 0 amide bonds. The number of aromatic nitrogens is 1. The second-order valence-corrected chi connectivity index (χ2v) is 3.32. The Balaban J connectivity index is 2.80. The first-order valence-corrected chi connectivity index (χ1v) is 4.22. The maximum absolute atomic E-state index is 5.81. The first-order chi connectivity index (χ1) is 5.75. The van der Waals surface area contributed by atoms with Gasteiger partial charge in [0.25, 0.3) is 0 Å². The monoisotopic (exact) mass is 197 g/mol. The fourth-order valence-electron chi connectivity index (χ4n) is 1.08. The predicted octanol–water partition coefficient (Wildman–Crippen LogP) is 3.54. The summed E-state index contributed by atoms with van der Waals surface area (Å²) < 4.78 is 0. The van der Waals surface area contributed by atoms with Crippen LogP contribution in [-0.2, 0) is 0 Å². The van der Waals surface area contributed by atoms with Crippen LogP contribution < -0.4 is 0 Å². The number of hydrogen-bond donors (Lipinski definition) is 0. The molecule has 1 aromatic carbocycles. The highest BCUT2D eigenvalue weighted by atomic mass is 35.5.